The molecule has 0 aromatic heterocycles. The number of nitrogens with one attached hydrogen (secondary N) is 1. The van der Waals surface area contributed by atoms with E-state index in [1.165, 1.54) is 0 Å². The molecule has 0 saturated heterocycles. The Labute approximate surface area is 87.4 Å². The molecule has 0 amide bonds. The molecule has 0 saturated carbocycles. The van der Waals surface area contributed by atoms with Crippen molar-refractivity contribution in [3.8, 4) is 0 Å². The summed E-state index contributed by atoms with van der Waals surface area (Å²) in [5.41, 5.74) is 1.16. The molecule has 0 aromatic carbocycles. The minimum atomic E-state index is -1.15. The average molecular weight is 201 g/mol. The van der Waals surface area contributed by atoms with Crippen LogP contribution in [0.5, 0.6) is 0 Å². The van der Waals surface area contributed by atoms with Gasteiger partial charge in [-0.2, -0.15) is 0 Å². The van der Waals surface area contributed by atoms with Crippen LogP contribution in [0, 0.1) is 0 Å². The third kappa shape index (κ3) is 1.04. The van der Waals surface area contributed by atoms with Crippen molar-refractivity contribution in [3.63, 3.8) is 0 Å². The predicted octanol–water partition coefficient (Wildman–Crippen LogP) is 1.43. The summed E-state index contributed by atoms with van der Waals surface area (Å²) < 4.78 is 0. The second-order valence-corrected chi connectivity index (χ2v) is 3.87. The predicted molar refractivity (Wildman–Crippen MR) is 56.8 cm³/mol. The fraction of sp³-hybridized carbons (Fsp3) is 0.167. The molecule has 0 aromatic rings. The van der Waals surface area contributed by atoms with Gasteiger partial charge in [-0.15, -0.1) is 0 Å². The molecule has 0 bridgehead atoms. The Kier molecular flexibility index (Phi) is 1.51. The maximum atomic E-state index is 10.3. The number of allylic oxidation sites excluding steroid dienone is 4. The van der Waals surface area contributed by atoms with Crippen LogP contribution in [0.1, 0.15) is 6.42 Å². The van der Waals surface area contributed by atoms with Gasteiger partial charge in [0.25, 0.3) is 0 Å². The van der Waals surface area contributed by atoms with Gasteiger partial charge in [-0.25, -0.2) is 0 Å². The Morgan fingerprint density at radius 3 is 3.00 bits per heavy atom. The van der Waals surface area contributed by atoms with Gasteiger partial charge in [0.15, 0.2) is 5.72 Å². The van der Waals surface area contributed by atoms with E-state index in [-0.39, 0.29) is 5.76 Å². The van der Waals surface area contributed by atoms with Gasteiger partial charge in [-0.05, 0) is 6.08 Å². The highest BCUT2D eigenvalue weighted by molar-refractivity contribution is 5.61. The monoisotopic (exact) mass is 201 g/mol. The molecule has 1 heterocycles. The molecule has 15 heavy (non-hydrogen) atoms. The second-order valence-electron chi connectivity index (χ2n) is 3.87. The molecule has 2 aliphatic carbocycles. The van der Waals surface area contributed by atoms with E-state index >= 15 is 0 Å². The van der Waals surface area contributed by atoms with Crippen LogP contribution >= 0.6 is 0 Å². The van der Waals surface area contributed by atoms with Crippen molar-refractivity contribution in [3.05, 3.63) is 59.1 Å². The Bertz CT molecular complexity index is 480. The van der Waals surface area contributed by atoms with E-state index in [2.05, 4.69) is 5.32 Å². The first-order chi connectivity index (χ1) is 7.21. The van der Waals surface area contributed by atoms with Gasteiger partial charge >= 0.3 is 0 Å². The molecule has 0 fully saturated rings. The van der Waals surface area contributed by atoms with Crippen LogP contribution in [-0.2, 0) is 0 Å². The Morgan fingerprint density at radius 1 is 1.27 bits per heavy atom. The summed E-state index contributed by atoms with van der Waals surface area (Å²) in [6.45, 7) is 0. The second kappa shape index (κ2) is 2.64. The van der Waals surface area contributed by atoms with E-state index in [0.29, 0.717) is 12.1 Å². The summed E-state index contributed by atoms with van der Waals surface area (Å²) in [6.07, 6.45) is 11.5. The van der Waals surface area contributed by atoms with Gasteiger partial charge in [-0.1, -0.05) is 30.4 Å². The van der Waals surface area contributed by atoms with Crippen molar-refractivity contribution < 1.29 is 10.2 Å². The first-order valence-corrected chi connectivity index (χ1v) is 4.91. The lowest BCUT2D eigenvalue weighted by Crippen LogP contribution is -2.40. The molecule has 3 nitrogen and oxygen atoms in total. The average Bonchev–Trinajstić information content (AvgIpc) is 2.52. The van der Waals surface area contributed by atoms with E-state index in [0.717, 1.165) is 11.1 Å². The van der Waals surface area contributed by atoms with Gasteiger partial charge in [0.2, 0.25) is 0 Å². The summed E-state index contributed by atoms with van der Waals surface area (Å²) >= 11 is 0. The molecular weight excluding hydrogens is 190 g/mol. The fourth-order valence-electron chi connectivity index (χ4n) is 2.15. The maximum Gasteiger partial charge on any atom is 0.182 e. The van der Waals surface area contributed by atoms with Crippen LogP contribution in [0.2, 0.25) is 0 Å². The molecule has 1 unspecified atom stereocenters. The Hall–Kier alpha value is -1.74. The highest BCUT2D eigenvalue weighted by Gasteiger charge is 2.40. The zero-order chi connectivity index (χ0) is 10.5. The van der Waals surface area contributed by atoms with Gasteiger partial charge in [0, 0.05) is 17.6 Å². The molecule has 76 valence electrons. The van der Waals surface area contributed by atoms with Crippen molar-refractivity contribution in [2.45, 2.75) is 12.1 Å². The highest BCUT2D eigenvalue weighted by atomic mass is 16.3. The maximum absolute atomic E-state index is 10.3. The molecule has 3 aliphatic rings. The number of hydrogen-bond acceptors (Lipinski definition) is 3. The standard InChI is InChI=1S/C12H11NO2/c14-10-6-3-4-8-9-5-1-2-7-12(9,15)13-11(8)10/h1-5,7,13-15H,6H2. The highest BCUT2D eigenvalue weighted by Crippen LogP contribution is 2.38. The van der Waals surface area contributed by atoms with Gasteiger partial charge < -0.3 is 15.5 Å². The lowest BCUT2D eigenvalue weighted by Gasteiger charge is -2.23. The van der Waals surface area contributed by atoms with Crippen LogP contribution in [0.15, 0.2) is 59.1 Å². The number of aliphatic hydroxyl groups excluding tert-OH is 1. The van der Waals surface area contributed by atoms with Crippen molar-refractivity contribution in [1.82, 2.24) is 5.32 Å². The minimum Gasteiger partial charge on any atom is -0.510 e. The van der Waals surface area contributed by atoms with Crippen LogP contribution in [0.25, 0.3) is 0 Å². The quantitative estimate of drug-likeness (QED) is 0.555. The molecular formula is C12H11NO2. The van der Waals surface area contributed by atoms with E-state index in [1.54, 1.807) is 12.2 Å². The summed E-state index contributed by atoms with van der Waals surface area (Å²) in [6, 6.07) is 0. The molecule has 1 aliphatic heterocycles. The van der Waals surface area contributed by atoms with E-state index < -0.39 is 5.72 Å². The van der Waals surface area contributed by atoms with Gasteiger partial charge in [0.1, 0.15) is 5.76 Å². The Morgan fingerprint density at radius 2 is 2.13 bits per heavy atom. The number of aliphatic hydroxyl groups is 2. The van der Waals surface area contributed by atoms with E-state index in [9.17, 15) is 10.2 Å². The fourth-order valence-corrected chi connectivity index (χ4v) is 2.15. The molecule has 3 heteroatoms. The van der Waals surface area contributed by atoms with E-state index in [4.69, 9.17) is 0 Å². The van der Waals surface area contributed by atoms with Crippen LogP contribution in [0.3, 0.4) is 0 Å². The lowest BCUT2D eigenvalue weighted by molar-refractivity contribution is 0.114. The van der Waals surface area contributed by atoms with Crippen molar-refractivity contribution >= 4 is 0 Å². The smallest absolute Gasteiger partial charge is 0.182 e. The van der Waals surface area contributed by atoms with Crippen molar-refractivity contribution in [2.75, 3.05) is 0 Å². The summed E-state index contributed by atoms with van der Waals surface area (Å²) in [5.74, 6) is 0.282. The zero-order valence-corrected chi connectivity index (χ0v) is 8.07. The summed E-state index contributed by atoms with van der Waals surface area (Å²) in [7, 11) is 0. The SMILES string of the molecule is OC1=C2NC3(O)C=CC=CC3=C2C=CC1. The van der Waals surface area contributed by atoms with Crippen molar-refractivity contribution in [1.29, 1.82) is 0 Å². The van der Waals surface area contributed by atoms with E-state index in [1.807, 2.05) is 24.3 Å². The number of rotatable bonds is 0. The lowest BCUT2D eigenvalue weighted by atomic mass is 9.95. The van der Waals surface area contributed by atoms with Crippen LogP contribution in [0.4, 0.5) is 0 Å². The van der Waals surface area contributed by atoms with Gasteiger partial charge in [-0.3, -0.25) is 0 Å². The summed E-state index contributed by atoms with van der Waals surface area (Å²) in [4.78, 5) is 0. The zero-order valence-electron chi connectivity index (χ0n) is 8.07. The molecule has 3 N–H and O–H groups in total. The number of hydrogen-bond donors (Lipinski definition) is 3. The number of fused-ring (bicyclic) bond motifs is 2. The van der Waals surface area contributed by atoms with Gasteiger partial charge in [0.05, 0.1) is 5.70 Å². The topological polar surface area (TPSA) is 52.5 Å². The third-order valence-corrected chi connectivity index (χ3v) is 2.88. The third-order valence-electron chi connectivity index (χ3n) is 2.88. The first kappa shape index (κ1) is 8.56. The van der Waals surface area contributed by atoms with Crippen molar-refractivity contribution in [2.24, 2.45) is 0 Å². The van der Waals surface area contributed by atoms with Crippen LogP contribution in [-0.4, -0.2) is 15.9 Å². The largest absolute Gasteiger partial charge is 0.510 e. The Balaban J connectivity index is 2.24. The molecule has 0 radical (unpaired) electrons. The summed E-state index contributed by atoms with van der Waals surface area (Å²) in [5, 5.41) is 22.9. The molecule has 1 atom stereocenters. The molecule has 0 spiro atoms. The minimum absolute atomic E-state index is 0.282. The first-order valence-electron chi connectivity index (χ1n) is 4.91. The molecule has 3 rings (SSSR count). The normalized spacial score (nSPS) is 31.8. The van der Waals surface area contributed by atoms with Crippen LogP contribution < -0.4 is 5.32 Å².